The Morgan fingerprint density at radius 1 is 1.00 bits per heavy atom. The summed E-state index contributed by atoms with van der Waals surface area (Å²) in [6, 6.07) is 24.8. The molecule has 41 heavy (non-hydrogen) atoms. The fraction of sp³-hybridized carbons (Fsp3) is 0.273. The Morgan fingerprint density at radius 2 is 1.68 bits per heavy atom. The van der Waals surface area contributed by atoms with Crippen molar-refractivity contribution in [2.75, 3.05) is 18.4 Å². The van der Waals surface area contributed by atoms with E-state index in [2.05, 4.69) is 15.3 Å². The van der Waals surface area contributed by atoms with Crippen molar-refractivity contribution >= 4 is 17.5 Å². The molecule has 1 atom stereocenters. The van der Waals surface area contributed by atoms with Crippen LogP contribution in [0.25, 0.3) is 0 Å². The van der Waals surface area contributed by atoms with Gasteiger partial charge in [-0.05, 0) is 69.0 Å². The number of carbonyl (C=O) groups excluding carboxylic acids is 2. The highest BCUT2D eigenvalue weighted by Crippen LogP contribution is 2.31. The Morgan fingerprint density at radius 3 is 2.34 bits per heavy atom. The van der Waals surface area contributed by atoms with Crippen LogP contribution in [0.1, 0.15) is 69.9 Å². The van der Waals surface area contributed by atoms with Crippen molar-refractivity contribution in [3.63, 3.8) is 0 Å². The van der Waals surface area contributed by atoms with Gasteiger partial charge in [-0.25, -0.2) is 4.98 Å². The molecule has 1 unspecified atom stereocenters. The molecule has 8 nitrogen and oxygen atoms in total. The first-order chi connectivity index (χ1) is 19.8. The van der Waals surface area contributed by atoms with Crippen LogP contribution in [0.5, 0.6) is 0 Å². The van der Waals surface area contributed by atoms with Crippen molar-refractivity contribution in [3.05, 3.63) is 129 Å². The number of para-hydroxylation sites is 1. The minimum atomic E-state index is -0.937. The van der Waals surface area contributed by atoms with E-state index in [9.17, 15) is 14.4 Å². The molecule has 3 aromatic carbocycles. The van der Waals surface area contributed by atoms with E-state index < -0.39 is 17.0 Å². The van der Waals surface area contributed by atoms with Crippen LogP contribution in [-0.2, 0) is 12.0 Å². The highest BCUT2D eigenvalue weighted by atomic mass is 16.2. The SMILES string of the molecule is CCC(C)(c1ncc(C(=O)Nc2ccccc2Cc2ccccc2)c(=O)[nH]1)N(CCCN)C(=O)c1ccc(C)cc1. The molecular formula is C33H37N5O3. The van der Waals surface area contributed by atoms with Gasteiger partial charge >= 0.3 is 0 Å². The number of aryl methyl sites for hydroxylation is 1. The first-order valence-electron chi connectivity index (χ1n) is 13.9. The zero-order valence-electron chi connectivity index (χ0n) is 23.8. The normalized spacial score (nSPS) is 12.4. The lowest BCUT2D eigenvalue weighted by atomic mass is 9.93. The van der Waals surface area contributed by atoms with E-state index in [-0.39, 0.29) is 11.5 Å². The number of hydrogen-bond donors (Lipinski definition) is 3. The minimum absolute atomic E-state index is 0.111. The van der Waals surface area contributed by atoms with Crippen molar-refractivity contribution < 1.29 is 9.59 Å². The molecule has 0 saturated heterocycles. The van der Waals surface area contributed by atoms with Crippen LogP contribution in [0.15, 0.2) is 89.9 Å². The van der Waals surface area contributed by atoms with Gasteiger partial charge in [-0.1, -0.05) is 73.2 Å². The second kappa shape index (κ2) is 13.2. The van der Waals surface area contributed by atoms with Crippen molar-refractivity contribution in [1.29, 1.82) is 0 Å². The Bertz CT molecular complexity index is 1550. The number of nitrogens with one attached hydrogen (secondary N) is 2. The fourth-order valence-electron chi connectivity index (χ4n) is 4.79. The lowest BCUT2D eigenvalue weighted by Gasteiger charge is -2.40. The molecular weight excluding hydrogens is 514 g/mol. The number of carbonyl (C=O) groups is 2. The number of aromatic nitrogens is 2. The van der Waals surface area contributed by atoms with Crippen molar-refractivity contribution in [2.24, 2.45) is 5.73 Å². The van der Waals surface area contributed by atoms with E-state index >= 15 is 0 Å². The predicted molar refractivity (Wildman–Crippen MR) is 162 cm³/mol. The third-order valence-electron chi connectivity index (χ3n) is 7.47. The fourth-order valence-corrected chi connectivity index (χ4v) is 4.79. The number of rotatable bonds is 11. The van der Waals surface area contributed by atoms with E-state index in [1.807, 2.05) is 87.5 Å². The summed E-state index contributed by atoms with van der Waals surface area (Å²) in [6.07, 6.45) is 2.98. The molecule has 1 heterocycles. The van der Waals surface area contributed by atoms with E-state index in [1.54, 1.807) is 17.0 Å². The number of hydrogen-bond acceptors (Lipinski definition) is 5. The molecule has 0 aliphatic carbocycles. The number of benzene rings is 3. The highest BCUT2D eigenvalue weighted by molar-refractivity contribution is 6.04. The summed E-state index contributed by atoms with van der Waals surface area (Å²) in [5.41, 5.74) is 8.43. The Hall–Kier alpha value is -4.56. The zero-order valence-corrected chi connectivity index (χ0v) is 23.8. The largest absolute Gasteiger partial charge is 0.330 e. The van der Waals surface area contributed by atoms with E-state index in [0.717, 1.165) is 16.7 Å². The van der Waals surface area contributed by atoms with Gasteiger partial charge in [-0.2, -0.15) is 0 Å². The van der Waals surface area contributed by atoms with Gasteiger partial charge in [-0.15, -0.1) is 0 Å². The van der Waals surface area contributed by atoms with Crippen molar-refractivity contribution in [1.82, 2.24) is 14.9 Å². The summed E-state index contributed by atoms with van der Waals surface area (Å²) >= 11 is 0. The number of H-pyrrole nitrogens is 1. The molecule has 0 bridgehead atoms. The molecule has 4 rings (SSSR count). The molecule has 0 saturated carbocycles. The maximum atomic E-state index is 13.7. The van der Waals surface area contributed by atoms with Crippen LogP contribution in [-0.4, -0.2) is 39.8 Å². The lowest BCUT2D eigenvalue weighted by Crippen LogP contribution is -2.50. The quantitative estimate of drug-likeness (QED) is 0.241. The molecule has 4 aromatic rings. The van der Waals surface area contributed by atoms with Gasteiger partial charge in [0, 0.05) is 24.0 Å². The molecule has 0 radical (unpaired) electrons. The number of anilines is 1. The van der Waals surface area contributed by atoms with E-state index in [1.165, 1.54) is 6.20 Å². The van der Waals surface area contributed by atoms with Crippen LogP contribution in [0.2, 0.25) is 0 Å². The van der Waals surface area contributed by atoms with Crippen molar-refractivity contribution in [2.45, 2.75) is 45.6 Å². The van der Waals surface area contributed by atoms with Crippen LogP contribution >= 0.6 is 0 Å². The molecule has 2 amide bonds. The molecule has 1 aromatic heterocycles. The molecule has 0 aliphatic heterocycles. The number of nitrogens with two attached hydrogens (primary N) is 1. The van der Waals surface area contributed by atoms with Crippen LogP contribution in [0.3, 0.4) is 0 Å². The van der Waals surface area contributed by atoms with Gasteiger partial charge < -0.3 is 20.9 Å². The zero-order chi connectivity index (χ0) is 29.4. The Kier molecular flexibility index (Phi) is 9.47. The molecule has 0 fully saturated rings. The molecule has 8 heteroatoms. The second-order valence-electron chi connectivity index (χ2n) is 10.3. The topological polar surface area (TPSA) is 121 Å². The number of amides is 2. The Balaban J connectivity index is 1.61. The van der Waals surface area contributed by atoms with Crippen molar-refractivity contribution in [3.8, 4) is 0 Å². The average Bonchev–Trinajstić information content (AvgIpc) is 2.98. The first-order valence-corrected chi connectivity index (χ1v) is 13.9. The van der Waals surface area contributed by atoms with Crippen LogP contribution in [0, 0.1) is 6.92 Å². The smallest absolute Gasteiger partial charge is 0.263 e. The molecule has 0 spiro atoms. The number of aromatic amines is 1. The van der Waals surface area contributed by atoms with Crippen LogP contribution < -0.4 is 16.6 Å². The number of nitrogens with zero attached hydrogens (tertiary/aromatic N) is 2. The Labute approximate surface area is 240 Å². The average molecular weight is 552 g/mol. The summed E-state index contributed by atoms with van der Waals surface area (Å²) in [7, 11) is 0. The third kappa shape index (κ3) is 6.78. The second-order valence-corrected chi connectivity index (χ2v) is 10.3. The van der Waals surface area contributed by atoms with E-state index in [4.69, 9.17) is 5.73 Å². The van der Waals surface area contributed by atoms with Gasteiger partial charge in [0.05, 0.1) is 5.54 Å². The molecule has 0 aliphatic rings. The summed E-state index contributed by atoms with van der Waals surface area (Å²) in [6.45, 7) is 6.56. The predicted octanol–water partition coefficient (Wildman–Crippen LogP) is 5.04. The summed E-state index contributed by atoms with van der Waals surface area (Å²) < 4.78 is 0. The summed E-state index contributed by atoms with van der Waals surface area (Å²) in [5, 5.41) is 2.88. The lowest BCUT2D eigenvalue weighted by molar-refractivity contribution is 0.0460. The molecule has 4 N–H and O–H groups in total. The summed E-state index contributed by atoms with van der Waals surface area (Å²) in [4.78, 5) is 49.2. The van der Waals surface area contributed by atoms with E-state index in [0.29, 0.717) is 49.4 Å². The molecule has 212 valence electrons. The van der Waals surface area contributed by atoms with Gasteiger partial charge in [0.25, 0.3) is 17.4 Å². The van der Waals surface area contributed by atoms with Gasteiger partial charge in [-0.3, -0.25) is 14.4 Å². The summed E-state index contributed by atoms with van der Waals surface area (Å²) in [5.74, 6) is -0.425. The maximum Gasteiger partial charge on any atom is 0.263 e. The van der Waals surface area contributed by atoms with Gasteiger partial charge in [0.1, 0.15) is 11.4 Å². The first kappa shape index (κ1) is 29.4. The monoisotopic (exact) mass is 551 g/mol. The maximum absolute atomic E-state index is 13.7. The van der Waals surface area contributed by atoms with Gasteiger partial charge in [0.2, 0.25) is 0 Å². The van der Waals surface area contributed by atoms with Crippen LogP contribution in [0.4, 0.5) is 5.69 Å². The third-order valence-corrected chi connectivity index (χ3v) is 7.47. The minimum Gasteiger partial charge on any atom is -0.330 e. The highest BCUT2D eigenvalue weighted by Gasteiger charge is 2.38. The standard InChI is InChI=1S/C33H37N5O3/c1-4-33(3,38(20-10-19-34)31(41)25-17-15-23(2)16-18-25)32-35-22-27(30(40)37-32)29(39)36-28-14-9-8-13-26(28)21-24-11-6-5-7-12-24/h5-9,11-18,22H,4,10,19-21,34H2,1-3H3,(H,36,39)(H,35,37,40). The van der Waals surface area contributed by atoms with Gasteiger partial charge in [0.15, 0.2) is 0 Å².